The Kier molecular flexibility index (Phi) is 6.42. The Morgan fingerprint density at radius 3 is 2.29 bits per heavy atom. The number of rotatable bonds is 5. The molecule has 4 N–H and O–H groups in total. The molecule has 0 fully saturated rings. The maximum atomic E-state index is 13.0. The number of urea groups is 1. The zero-order valence-corrected chi connectivity index (χ0v) is 20.6. The summed E-state index contributed by atoms with van der Waals surface area (Å²) in [6.45, 7) is 0. The van der Waals surface area contributed by atoms with Crippen LogP contribution in [0.2, 0.25) is 4.34 Å². The Balaban J connectivity index is 1.51. The van der Waals surface area contributed by atoms with Crippen LogP contribution in [0.4, 0.5) is 16.2 Å². The molecule has 2 heterocycles. The number of fused-ring (bicyclic) bond motifs is 1. The standard InChI is InChI=1S/C20H15ClN4O7S3/c21-16-7-8-18(33-16)35(31,32)24-20(28)23-12-2-4-13(5-3-12)25-17(26)9-11-1-6-14(34(22,29)30)10-15(11)19(25)27/h1-8,10H,9H2,(H2,22,29,30)(H2,23,24,28). The number of carbonyl (C=O) groups excluding carboxylic acids is 3. The predicted molar refractivity (Wildman–Crippen MR) is 128 cm³/mol. The molecule has 0 unspecified atom stereocenters. The number of carbonyl (C=O) groups is 3. The third kappa shape index (κ3) is 5.21. The smallest absolute Gasteiger partial charge is 0.307 e. The fraction of sp³-hybridized carbons (Fsp3) is 0.0500. The fourth-order valence-corrected chi connectivity index (χ4v) is 6.22. The Morgan fingerprint density at radius 1 is 1.00 bits per heavy atom. The second kappa shape index (κ2) is 9.05. The van der Waals surface area contributed by atoms with E-state index in [4.69, 9.17) is 16.7 Å². The van der Waals surface area contributed by atoms with Crippen LogP contribution in [0.1, 0.15) is 15.9 Å². The van der Waals surface area contributed by atoms with Crippen molar-refractivity contribution in [3.63, 3.8) is 0 Å². The van der Waals surface area contributed by atoms with Crippen LogP contribution >= 0.6 is 22.9 Å². The van der Waals surface area contributed by atoms with Crippen LogP contribution in [-0.2, 0) is 31.3 Å². The Bertz CT molecular complexity index is 1580. The fourth-order valence-electron chi connectivity index (χ4n) is 3.29. The SMILES string of the molecule is NS(=O)(=O)c1ccc2c(c1)C(=O)N(c1ccc(NC(=O)NS(=O)(=O)c3ccc(Cl)s3)cc1)C(=O)C2. The highest BCUT2D eigenvalue weighted by Crippen LogP contribution is 2.28. The van der Waals surface area contributed by atoms with E-state index in [-0.39, 0.29) is 36.8 Å². The summed E-state index contributed by atoms with van der Waals surface area (Å²) in [6, 6.07) is 10.8. The molecule has 3 aromatic rings. The predicted octanol–water partition coefficient (Wildman–Crippen LogP) is 2.29. The summed E-state index contributed by atoms with van der Waals surface area (Å²) < 4.78 is 49.7. The summed E-state index contributed by atoms with van der Waals surface area (Å²) in [4.78, 5) is 38.4. The lowest BCUT2D eigenvalue weighted by Gasteiger charge is -2.27. The number of sulfonamides is 2. The lowest BCUT2D eigenvalue weighted by atomic mass is 9.98. The van der Waals surface area contributed by atoms with Crippen LogP contribution in [0.3, 0.4) is 0 Å². The zero-order valence-electron chi connectivity index (χ0n) is 17.4. The highest BCUT2D eigenvalue weighted by molar-refractivity contribution is 7.92. The molecule has 0 aliphatic carbocycles. The van der Waals surface area contributed by atoms with Gasteiger partial charge in [-0.1, -0.05) is 17.7 Å². The summed E-state index contributed by atoms with van der Waals surface area (Å²) in [5.74, 6) is -1.27. The van der Waals surface area contributed by atoms with Crippen molar-refractivity contribution >= 4 is 72.2 Å². The number of nitrogens with two attached hydrogens (primary N) is 1. The van der Waals surface area contributed by atoms with Crippen molar-refractivity contribution in [2.24, 2.45) is 5.14 Å². The number of hydrogen-bond acceptors (Lipinski definition) is 8. The van der Waals surface area contributed by atoms with Gasteiger partial charge in [-0.2, -0.15) is 0 Å². The zero-order chi connectivity index (χ0) is 25.5. The molecule has 0 saturated heterocycles. The number of hydrogen-bond donors (Lipinski definition) is 3. The third-order valence-corrected chi connectivity index (χ3v) is 8.82. The van der Waals surface area contributed by atoms with E-state index in [0.29, 0.717) is 5.56 Å². The van der Waals surface area contributed by atoms with E-state index in [1.54, 1.807) is 0 Å². The molecule has 35 heavy (non-hydrogen) atoms. The molecule has 182 valence electrons. The monoisotopic (exact) mass is 554 g/mol. The van der Waals surface area contributed by atoms with Crippen molar-refractivity contribution < 1.29 is 31.2 Å². The Labute approximate surface area is 208 Å². The van der Waals surface area contributed by atoms with Gasteiger partial charge in [0.25, 0.3) is 15.9 Å². The van der Waals surface area contributed by atoms with Crippen molar-refractivity contribution in [1.82, 2.24) is 4.72 Å². The van der Waals surface area contributed by atoms with E-state index in [0.717, 1.165) is 22.3 Å². The molecule has 4 amide bonds. The third-order valence-electron chi connectivity index (χ3n) is 4.86. The van der Waals surface area contributed by atoms with E-state index in [2.05, 4.69) is 5.32 Å². The average molecular weight is 555 g/mol. The van der Waals surface area contributed by atoms with Crippen LogP contribution in [0.15, 0.2) is 63.7 Å². The van der Waals surface area contributed by atoms with Gasteiger partial charge in [0.2, 0.25) is 15.9 Å². The molecule has 0 atom stereocenters. The van der Waals surface area contributed by atoms with Gasteiger partial charge in [0, 0.05) is 11.3 Å². The van der Waals surface area contributed by atoms with Crippen molar-refractivity contribution in [1.29, 1.82) is 0 Å². The van der Waals surface area contributed by atoms with Crippen LogP contribution < -0.4 is 20.1 Å². The van der Waals surface area contributed by atoms with Gasteiger partial charge < -0.3 is 5.32 Å². The molecule has 2 aromatic carbocycles. The highest BCUT2D eigenvalue weighted by Gasteiger charge is 2.33. The summed E-state index contributed by atoms with van der Waals surface area (Å²) in [5.41, 5.74) is 0.737. The average Bonchev–Trinajstić information content (AvgIpc) is 3.21. The first kappa shape index (κ1) is 24.8. The molecule has 0 radical (unpaired) electrons. The molecule has 1 aromatic heterocycles. The number of primary sulfonamides is 1. The number of imide groups is 1. The quantitative estimate of drug-likeness (QED) is 0.406. The number of amides is 4. The van der Waals surface area contributed by atoms with E-state index in [9.17, 15) is 31.2 Å². The molecule has 0 saturated carbocycles. The number of halogens is 1. The largest absolute Gasteiger partial charge is 0.333 e. The van der Waals surface area contributed by atoms with Crippen molar-refractivity contribution in [3.05, 3.63) is 70.1 Å². The summed E-state index contributed by atoms with van der Waals surface area (Å²) in [5, 5.41) is 7.48. The first-order valence-electron chi connectivity index (χ1n) is 9.57. The highest BCUT2D eigenvalue weighted by atomic mass is 35.5. The molecule has 11 nitrogen and oxygen atoms in total. The molecule has 1 aliphatic rings. The van der Waals surface area contributed by atoms with Crippen LogP contribution in [0.25, 0.3) is 0 Å². The number of benzene rings is 2. The summed E-state index contributed by atoms with van der Waals surface area (Å²) in [7, 11) is -8.17. The first-order chi connectivity index (χ1) is 16.3. The first-order valence-corrected chi connectivity index (χ1v) is 13.8. The number of nitrogens with zero attached hydrogens (tertiary/aromatic N) is 1. The number of anilines is 2. The van der Waals surface area contributed by atoms with E-state index >= 15 is 0 Å². The lowest BCUT2D eigenvalue weighted by Crippen LogP contribution is -2.42. The summed E-state index contributed by atoms with van der Waals surface area (Å²) >= 11 is 6.51. The second-order valence-corrected chi connectivity index (χ2v) is 12.4. The van der Waals surface area contributed by atoms with Gasteiger partial charge in [-0.05, 0) is 54.1 Å². The summed E-state index contributed by atoms with van der Waals surface area (Å²) in [6.07, 6.45) is -0.140. The van der Waals surface area contributed by atoms with E-state index in [1.165, 1.54) is 48.5 Å². The molecule has 4 rings (SSSR count). The Morgan fingerprint density at radius 2 is 1.69 bits per heavy atom. The van der Waals surface area contributed by atoms with Crippen molar-refractivity contribution in [2.75, 3.05) is 10.2 Å². The van der Waals surface area contributed by atoms with Gasteiger partial charge in [0.05, 0.1) is 21.3 Å². The molecular formula is C20H15ClN4O7S3. The van der Waals surface area contributed by atoms with Gasteiger partial charge in [-0.25, -0.2) is 36.4 Å². The van der Waals surface area contributed by atoms with Crippen LogP contribution in [0, 0.1) is 0 Å². The van der Waals surface area contributed by atoms with Gasteiger partial charge in [-0.15, -0.1) is 11.3 Å². The second-order valence-electron chi connectivity index (χ2n) is 7.24. The van der Waals surface area contributed by atoms with Gasteiger partial charge in [0.15, 0.2) is 0 Å². The number of nitrogens with one attached hydrogen (secondary N) is 2. The van der Waals surface area contributed by atoms with Gasteiger partial charge >= 0.3 is 6.03 Å². The van der Waals surface area contributed by atoms with Crippen LogP contribution in [0.5, 0.6) is 0 Å². The minimum atomic E-state index is -4.12. The maximum absolute atomic E-state index is 13.0. The molecule has 0 bridgehead atoms. The van der Waals surface area contributed by atoms with E-state index in [1.807, 2.05) is 4.72 Å². The molecule has 15 heteroatoms. The van der Waals surface area contributed by atoms with Gasteiger partial charge in [-0.3, -0.25) is 9.59 Å². The van der Waals surface area contributed by atoms with Crippen LogP contribution in [-0.4, -0.2) is 34.7 Å². The molecule has 0 spiro atoms. The van der Waals surface area contributed by atoms with E-state index < -0.39 is 37.9 Å². The minimum absolute atomic E-state index is 0.0246. The minimum Gasteiger partial charge on any atom is -0.307 e. The van der Waals surface area contributed by atoms with Crippen molar-refractivity contribution in [3.8, 4) is 0 Å². The lowest BCUT2D eigenvalue weighted by molar-refractivity contribution is -0.117. The normalized spacial score (nSPS) is 13.9. The maximum Gasteiger partial charge on any atom is 0.333 e. The molecule has 1 aliphatic heterocycles. The molecular weight excluding hydrogens is 540 g/mol. The Hall–Kier alpha value is -3.30. The van der Waals surface area contributed by atoms with Gasteiger partial charge in [0.1, 0.15) is 4.21 Å². The van der Waals surface area contributed by atoms with Crippen molar-refractivity contribution in [2.45, 2.75) is 15.5 Å². The number of thiophene rings is 1. The topological polar surface area (TPSA) is 173 Å².